The molecule has 1 rings (SSSR count). The highest BCUT2D eigenvalue weighted by atomic mass is 32.2. The van der Waals surface area contributed by atoms with E-state index in [1.165, 1.54) is 24.3 Å². The van der Waals surface area contributed by atoms with Crippen molar-refractivity contribution in [3.8, 4) is 6.07 Å². The van der Waals surface area contributed by atoms with E-state index in [4.69, 9.17) is 5.26 Å². The maximum Gasteiger partial charge on any atom is 0.179 e. The van der Waals surface area contributed by atoms with Gasteiger partial charge in [0.1, 0.15) is 0 Å². The van der Waals surface area contributed by atoms with Gasteiger partial charge in [-0.2, -0.15) is 5.26 Å². The number of hydrogen-bond acceptors (Lipinski definition) is 4. The van der Waals surface area contributed by atoms with E-state index >= 15 is 0 Å². The number of benzene rings is 1. The zero-order valence-electron chi connectivity index (χ0n) is 13.2. The smallest absolute Gasteiger partial charge is 0.179 e. The van der Waals surface area contributed by atoms with Gasteiger partial charge in [-0.1, -0.05) is 27.7 Å². The summed E-state index contributed by atoms with van der Waals surface area (Å²) >= 11 is 0. The molecule has 0 saturated heterocycles. The minimum Gasteiger partial charge on any atom is -0.315 e. The Morgan fingerprint density at radius 1 is 1.24 bits per heavy atom. The van der Waals surface area contributed by atoms with Crippen LogP contribution in [0.25, 0.3) is 0 Å². The third-order valence-corrected chi connectivity index (χ3v) is 5.55. The molecule has 116 valence electrons. The monoisotopic (exact) mass is 308 g/mol. The van der Waals surface area contributed by atoms with E-state index in [-0.39, 0.29) is 16.1 Å². The molecule has 0 aliphatic heterocycles. The van der Waals surface area contributed by atoms with Gasteiger partial charge in [-0.3, -0.25) is 0 Å². The SMILES string of the molecule is CC(CNCCS(=O)(=O)c1ccc(C#N)cc1)C(C)(C)C. The third kappa shape index (κ3) is 5.49. The lowest BCUT2D eigenvalue weighted by atomic mass is 9.82. The first-order chi connectivity index (χ1) is 9.66. The first-order valence-electron chi connectivity index (χ1n) is 7.10. The fourth-order valence-corrected chi connectivity index (χ4v) is 2.89. The normalized spacial score (nSPS) is 13.7. The lowest BCUT2D eigenvalue weighted by Crippen LogP contribution is -2.32. The number of rotatable bonds is 6. The van der Waals surface area contributed by atoms with Gasteiger partial charge in [0.15, 0.2) is 9.84 Å². The number of nitrogens with one attached hydrogen (secondary N) is 1. The molecule has 0 fully saturated rings. The first kappa shape index (κ1) is 17.7. The number of sulfone groups is 1. The molecular formula is C16H24N2O2S. The standard InChI is InChI=1S/C16H24N2O2S/c1-13(16(2,3)4)12-18-9-10-21(19,20)15-7-5-14(11-17)6-8-15/h5-8,13,18H,9-10,12H2,1-4H3. The van der Waals surface area contributed by atoms with Crippen molar-refractivity contribution < 1.29 is 8.42 Å². The van der Waals surface area contributed by atoms with E-state index in [1.807, 2.05) is 6.07 Å². The maximum absolute atomic E-state index is 12.2. The summed E-state index contributed by atoms with van der Waals surface area (Å²) in [5, 5.41) is 11.9. The van der Waals surface area contributed by atoms with Crippen molar-refractivity contribution in [1.82, 2.24) is 5.32 Å². The summed E-state index contributed by atoms with van der Waals surface area (Å²) in [5.74, 6) is 0.533. The second-order valence-corrected chi connectivity index (χ2v) is 8.54. The predicted molar refractivity (Wildman–Crippen MR) is 84.7 cm³/mol. The van der Waals surface area contributed by atoms with E-state index in [0.717, 1.165) is 6.54 Å². The lowest BCUT2D eigenvalue weighted by molar-refractivity contribution is 0.254. The molecule has 1 aromatic carbocycles. The van der Waals surface area contributed by atoms with Gasteiger partial charge in [0.2, 0.25) is 0 Å². The fraction of sp³-hybridized carbons (Fsp3) is 0.562. The van der Waals surface area contributed by atoms with Crippen LogP contribution in [0.2, 0.25) is 0 Å². The minimum absolute atomic E-state index is 0.0652. The summed E-state index contributed by atoms with van der Waals surface area (Å²) in [6.45, 7) is 9.91. The molecule has 5 heteroatoms. The Labute approximate surface area is 128 Å². The minimum atomic E-state index is -3.29. The number of nitriles is 1. The second-order valence-electron chi connectivity index (χ2n) is 6.43. The Hall–Kier alpha value is -1.38. The van der Waals surface area contributed by atoms with Gasteiger partial charge in [-0.15, -0.1) is 0 Å². The van der Waals surface area contributed by atoms with E-state index < -0.39 is 9.84 Å². The van der Waals surface area contributed by atoms with Crippen LogP contribution in [0, 0.1) is 22.7 Å². The van der Waals surface area contributed by atoms with Crippen LogP contribution in [0.1, 0.15) is 33.3 Å². The average molecular weight is 308 g/mol. The molecule has 1 aromatic rings. The van der Waals surface area contributed by atoms with Gasteiger partial charge < -0.3 is 5.32 Å². The summed E-state index contributed by atoms with van der Waals surface area (Å²) in [6, 6.07) is 8.02. The van der Waals surface area contributed by atoms with E-state index in [0.29, 0.717) is 18.0 Å². The van der Waals surface area contributed by atoms with Crippen LogP contribution in [-0.4, -0.2) is 27.3 Å². The van der Waals surface area contributed by atoms with Crippen LogP contribution < -0.4 is 5.32 Å². The summed E-state index contributed by atoms with van der Waals surface area (Å²) in [7, 11) is -3.29. The quantitative estimate of drug-likeness (QED) is 0.820. The molecule has 1 unspecified atom stereocenters. The Morgan fingerprint density at radius 2 is 1.81 bits per heavy atom. The van der Waals surface area contributed by atoms with Gasteiger partial charge in [0, 0.05) is 6.54 Å². The molecule has 0 aromatic heterocycles. The first-order valence-corrected chi connectivity index (χ1v) is 8.75. The molecular weight excluding hydrogens is 284 g/mol. The molecule has 4 nitrogen and oxygen atoms in total. The van der Waals surface area contributed by atoms with Crippen molar-refractivity contribution in [3.05, 3.63) is 29.8 Å². The topological polar surface area (TPSA) is 70.0 Å². The summed E-state index contributed by atoms with van der Waals surface area (Å²) in [4.78, 5) is 0.271. The Bertz CT molecular complexity index is 593. The van der Waals surface area contributed by atoms with Crippen LogP contribution in [0.15, 0.2) is 29.2 Å². The van der Waals surface area contributed by atoms with Crippen LogP contribution in [0.5, 0.6) is 0 Å². The highest BCUT2D eigenvalue weighted by Gasteiger charge is 2.20. The van der Waals surface area contributed by atoms with Crippen molar-refractivity contribution >= 4 is 9.84 Å². The van der Waals surface area contributed by atoms with Crippen molar-refractivity contribution in [3.63, 3.8) is 0 Å². The van der Waals surface area contributed by atoms with E-state index in [9.17, 15) is 8.42 Å². The van der Waals surface area contributed by atoms with Crippen molar-refractivity contribution in [2.45, 2.75) is 32.6 Å². The fourth-order valence-electron chi connectivity index (χ4n) is 1.69. The van der Waals surface area contributed by atoms with Gasteiger partial charge in [-0.25, -0.2) is 8.42 Å². The van der Waals surface area contributed by atoms with Crippen LogP contribution in [0.4, 0.5) is 0 Å². The van der Waals surface area contributed by atoms with Gasteiger partial charge in [-0.05, 0) is 42.1 Å². The van der Waals surface area contributed by atoms with Crippen LogP contribution >= 0.6 is 0 Å². The van der Waals surface area contributed by atoms with Gasteiger partial charge in [0.05, 0.1) is 22.3 Å². The van der Waals surface area contributed by atoms with Gasteiger partial charge in [0.25, 0.3) is 0 Å². The Kier molecular flexibility index (Phi) is 5.94. The highest BCUT2D eigenvalue weighted by molar-refractivity contribution is 7.91. The highest BCUT2D eigenvalue weighted by Crippen LogP contribution is 2.24. The largest absolute Gasteiger partial charge is 0.315 e. The summed E-state index contributed by atoms with van der Waals surface area (Å²) in [5.41, 5.74) is 0.671. The van der Waals surface area contributed by atoms with Crippen molar-refractivity contribution in [2.24, 2.45) is 11.3 Å². The molecule has 0 aliphatic carbocycles. The van der Waals surface area contributed by atoms with E-state index in [2.05, 4.69) is 33.0 Å². The molecule has 0 aliphatic rings. The third-order valence-electron chi connectivity index (χ3n) is 3.82. The molecule has 0 heterocycles. The average Bonchev–Trinajstić information content (AvgIpc) is 2.42. The Morgan fingerprint density at radius 3 is 2.29 bits per heavy atom. The second kappa shape index (κ2) is 7.06. The molecule has 0 saturated carbocycles. The molecule has 1 N–H and O–H groups in total. The van der Waals surface area contributed by atoms with Crippen molar-refractivity contribution in [1.29, 1.82) is 5.26 Å². The van der Waals surface area contributed by atoms with Crippen LogP contribution in [-0.2, 0) is 9.84 Å². The molecule has 0 spiro atoms. The van der Waals surface area contributed by atoms with Crippen LogP contribution in [0.3, 0.4) is 0 Å². The van der Waals surface area contributed by atoms with Gasteiger partial charge >= 0.3 is 0 Å². The maximum atomic E-state index is 12.2. The van der Waals surface area contributed by atoms with E-state index in [1.54, 1.807) is 0 Å². The van der Waals surface area contributed by atoms with Crippen molar-refractivity contribution in [2.75, 3.05) is 18.8 Å². The summed E-state index contributed by atoms with van der Waals surface area (Å²) < 4.78 is 24.3. The Balaban J connectivity index is 2.52. The molecule has 1 atom stereocenters. The molecule has 0 amide bonds. The summed E-state index contributed by atoms with van der Waals surface area (Å²) in [6.07, 6.45) is 0. The number of nitrogens with zero attached hydrogens (tertiary/aromatic N) is 1. The number of hydrogen-bond donors (Lipinski definition) is 1. The molecule has 21 heavy (non-hydrogen) atoms. The predicted octanol–water partition coefficient (Wildman–Crippen LogP) is 2.60. The zero-order valence-corrected chi connectivity index (χ0v) is 14.0. The molecule has 0 radical (unpaired) electrons. The molecule has 0 bridgehead atoms. The zero-order chi connectivity index (χ0) is 16.1. The lowest BCUT2D eigenvalue weighted by Gasteiger charge is -2.27.